The Morgan fingerprint density at radius 1 is 1.00 bits per heavy atom. The zero-order valence-corrected chi connectivity index (χ0v) is 11.7. The fraction of sp³-hybridized carbons (Fsp3) is 0.500. The fourth-order valence-electron chi connectivity index (χ4n) is 2.05. The van der Waals surface area contributed by atoms with Crippen LogP contribution in [0.25, 0.3) is 0 Å². The molecule has 0 heterocycles. The largest absolute Gasteiger partial charge is 0.294 e. The Kier molecular flexibility index (Phi) is 5.26. The molecule has 0 N–H and O–H groups in total. The highest BCUT2D eigenvalue weighted by atomic mass is 16.1. The highest BCUT2D eigenvalue weighted by Gasteiger charge is 2.21. The number of carbonyl (C=O) groups is 2. The van der Waals surface area contributed by atoms with Crippen molar-refractivity contribution in [3.8, 4) is 0 Å². The van der Waals surface area contributed by atoms with Crippen LogP contribution in [0.15, 0.2) is 24.3 Å². The van der Waals surface area contributed by atoms with Crippen molar-refractivity contribution >= 4 is 11.6 Å². The first-order chi connectivity index (χ1) is 8.49. The van der Waals surface area contributed by atoms with Crippen molar-refractivity contribution in [2.75, 3.05) is 0 Å². The van der Waals surface area contributed by atoms with E-state index in [9.17, 15) is 9.59 Å². The molecule has 0 bridgehead atoms. The van der Waals surface area contributed by atoms with Gasteiger partial charge in [0, 0.05) is 23.0 Å². The first-order valence-corrected chi connectivity index (χ1v) is 6.66. The van der Waals surface area contributed by atoms with Gasteiger partial charge in [-0.2, -0.15) is 0 Å². The lowest BCUT2D eigenvalue weighted by atomic mass is 9.89. The highest BCUT2D eigenvalue weighted by Crippen LogP contribution is 2.20. The normalized spacial score (nSPS) is 12.5. The predicted molar refractivity (Wildman–Crippen MR) is 74.0 cm³/mol. The summed E-state index contributed by atoms with van der Waals surface area (Å²) in [5, 5.41) is 0. The van der Waals surface area contributed by atoms with Crippen LogP contribution >= 0.6 is 0 Å². The highest BCUT2D eigenvalue weighted by molar-refractivity contribution is 6.10. The van der Waals surface area contributed by atoms with E-state index >= 15 is 0 Å². The maximum absolute atomic E-state index is 12.3. The Balaban J connectivity index is 3.09. The molecule has 1 aromatic carbocycles. The number of benzene rings is 1. The Morgan fingerprint density at radius 3 is 1.94 bits per heavy atom. The molecular formula is C16H22O2. The van der Waals surface area contributed by atoms with Crippen molar-refractivity contribution in [3.63, 3.8) is 0 Å². The molecule has 0 aliphatic rings. The Bertz CT molecular complexity index is 432. The molecule has 0 spiro atoms. The van der Waals surface area contributed by atoms with Gasteiger partial charge in [-0.05, 0) is 6.42 Å². The van der Waals surface area contributed by atoms with Gasteiger partial charge >= 0.3 is 0 Å². The number of hydrogen-bond donors (Lipinski definition) is 0. The van der Waals surface area contributed by atoms with Crippen molar-refractivity contribution in [1.82, 2.24) is 0 Å². The molecule has 0 amide bonds. The summed E-state index contributed by atoms with van der Waals surface area (Å²) in [6, 6.07) is 7.16. The third-order valence-electron chi connectivity index (χ3n) is 3.15. The van der Waals surface area contributed by atoms with Gasteiger partial charge in [-0.1, -0.05) is 58.4 Å². The molecule has 0 saturated heterocycles. The maximum Gasteiger partial charge on any atom is 0.166 e. The van der Waals surface area contributed by atoms with Crippen molar-refractivity contribution in [1.29, 1.82) is 0 Å². The van der Waals surface area contributed by atoms with Crippen LogP contribution in [0.1, 0.15) is 61.3 Å². The van der Waals surface area contributed by atoms with Gasteiger partial charge in [0.1, 0.15) is 0 Å². The monoisotopic (exact) mass is 246 g/mol. The number of hydrogen-bond acceptors (Lipinski definition) is 2. The predicted octanol–water partition coefficient (Wildman–Crippen LogP) is 4.14. The zero-order chi connectivity index (χ0) is 13.7. The molecule has 0 radical (unpaired) electrons. The van der Waals surface area contributed by atoms with Gasteiger partial charge < -0.3 is 0 Å². The molecular weight excluding hydrogens is 224 g/mol. The van der Waals surface area contributed by atoms with Gasteiger partial charge in [0.05, 0.1) is 0 Å². The SMILES string of the molecule is CCCC(C)C(=O)c1ccccc1C(=O)C(C)C. The molecule has 1 rings (SSSR count). The Hall–Kier alpha value is -1.44. The lowest BCUT2D eigenvalue weighted by Gasteiger charge is -2.13. The van der Waals surface area contributed by atoms with E-state index in [2.05, 4.69) is 6.92 Å². The van der Waals surface area contributed by atoms with Crippen LogP contribution in [-0.4, -0.2) is 11.6 Å². The molecule has 0 fully saturated rings. The average Bonchev–Trinajstić information content (AvgIpc) is 2.37. The summed E-state index contributed by atoms with van der Waals surface area (Å²) < 4.78 is 0. The molecule has 0 aromatic heterocycles. The van der Waals surface area contributed by atoms with Gasteiger partial charge in [0.25, 0.3) is 0 Å². The molecule has 98 valence electrons. The standard InChI is InChI=1S/C16H22O2/c1-5-8-12(4)16(18)14-10-7-6-9-13(14)15(17)11(2)3/h6-7,9-12H,5,8H2,1-4H3. The number of rotatable bonds is 6. The number of ketones is 2. The minimum absolute atomic E-state index is 0.0175. The van der Waals surface area contributed by atoms with E-state index in [1.54, 1.807) is 12.1 Å². The third-order valence-corrected chi connectivity index (χ3v) is 3.15. The van der Waals surface area contributed by atoms with Crippen LogP contribution in [0.4, 0.5) is 0 Å². The van der Waals surface area contributed by atoms with E-state index in [1.807, 2.05) is 32.9 Å². The van der Waals surface area contributed by atoms with Crippen LogP contribution in [0, 0.1) is 11.8 Å². The second-order valence-electron chi connectivity index (χ2n) is 5.12. The zero-order valence-electron chi connectivity index (χ0n) is 11.7. The van der Waals surface area contributed by atoms with Crippen molar-refractivity contribution in [2.24, 2.45) is 11.8 Å². The first-order valence-electron chi connectivity index (χ1n) is 6.66. The van der Waals surface area contributed by atoms with Gasteiger partial charge in [-0.25, -0.2) is 0 Å². The van der Waals surface area contributed by atoms with Crippen LogP contribution in [-0.2, 0) is 0 Å². The van der Waals surface area contributed by atoms with E-state index in [0.717, 1.165) is 12.8 Å². The summed E-state index contributed by atoms with van der Waals surface area (Å²) in [4.78, 5) is 24.4. The van der Waals surface area contributed by atoms with Crippen molar-refractivity contribution < 1.29 is 9.59 Å². The summed E-state index contributed by atoms with van der Waals surface area (Å²) in [6.07, 6.45) is 1.84. The van der Waals surface area contributed by atoms with Crippen LogP contribution in [0.3, 0.4) is 0 Å². The van der Waals surface area contributed by atoms with Crippen molar-refractivity contribution in [3.05, 3.63) is 35.4 Å². The Labute approximate surface area is 109 Å². The smallest absolute Gasteiger partial charge is 0.166 e. The van der Waals surface area contributed by atoms with E-state index < -0.39 is 0 Å². The lowest BCUT2D eigenvalue weighted by Crippen LogP contribution is -2.17. The van der Waals surface area contributed by atoms with Gasteiger partial charge in [-0.15, -0.1) is 0 Å². The van der Waals surface area contributed by atoms with E-state index in [4.69, 9.17) is 0 Å². The van der Waals surface area contributed by atoms with Crippen molar-refractivity contribution in [2.45, 2.75) is 40.5 Å². The van der Waals surface area contributed by atoms with Crippen LogP contribution in [0.5, 0.6) is 0 Å². The number of carbonyl (C=O) groups excluding carboxylic acids is 2. The molecule has 0 aliphatic heterocycles. The lowest BCUT2D eigenvalue weighted by molar-refractivity contribution is 0.0896. The van der Waals surface area contributed by atoms with E-state index in [0.29, 0.717) is 11.1 Å². The van der Waals surface area contributed by atoms with Gasteiger partial charge in [0.15, 0.2) is 11.6 Å². The second-order valence-corrected chi connectivity index (χ2v) is 5.12. The minimum atomic E-state index is -0.0829. The fourth-order valence-corrected chi connectivity index (χ4v) is 2.05. The second kappa shape index (κ2) is 6.48. The molecule has 1 aromatic rings. The third kappa shape index (κ3) is 3.28. The average molecular weight is 246 g/mol. The van der Waals surface area contributed by atoms with Crippen LogP contribution in [0.2, 0.25) is 0 Å². The summed E-state index contributed by atoms with van der Waals surface area (Å²) in [6.45, 7) is 7.72. The molecule has 0 aliphatic carbocycles. The van der Waals surface area contributed by atoms with Crippen LogP contribution < -0.4 is 0 Å². The summed E-state index contributed by atoms with van der Waals surface area (Å²) >= 11 is 0. The molecule has 2 nitrogen and oxygen atoms in total. The summed E-state index contributed by atoms with van der Waals surface area (Å²) in [5.41, 5.74) is 1.15. The van der Waals surface area contributed by atoms with Gasteiger partial charge in [0.2, 0.25) is 0 Å². The molecule has 1 atom stereocenters. The Morgan fingerprint density at radius 2 is 1.50 bits per heavy atom. The van der Waals surface area contributed by atoms with Gasteiger partial charge in [-0.3, -0.25) is 9.59 Å². The topological polar surface area (TPSA) is 34.1 Å². The first kappa shape index (κ1) is 14.6. The maximum atomic E-state index is 12.3. The molecule has 2 heteroatoms. The summed E-state index contributed by atoms with van der Waals surface area (Å²) in [5.74, 6) is 0.0284. The van der Waals surface area contributed by atoms with E-state index in [1.165, 1.54) is 0 Å². The van der Waals surface area contributed by atoms with E-state index in [-0.39, 0.29) is 23.4 Å². The quantitative estimate of drug-likeness (QED) is 0.707. The summed E-state index contributed by atoms with van der Waals surface area (Å²) in [7, 11) is 0. The number of Topliss-reactive ketones (excluding diaryl/α,β-unsaturated/α-hetero) is 2. The molecule has 0 saturated carbocycles. The molecule has 18 heavy (non-hydrogen) atoms. The minimum Gasteiger partial charge on any atom is -0.294 e. The molecule has 1 unspecified atom stereocenters.